The Balaban J connectivity index is 2.00. The molecule has 1 saturated heterocycles. The van der Waals surface area contributed by atoms with E-state index in [-0.39, 0.29) is 5.92 Å². The zero-order chi connectivity index (χ0) is 13.7. The highest BCUT2D eigenvalue weighted by Gasteiger charge is 2.65. The fraction of sp³-hybridized carbons (Fsp3) is 0.889. The molecule has 4 atom stereocenters. The molecular weight excluding hydrogens is 263 g/mol. The van der Waals surface area contributed by atoms with Gasteiger partial charge in [0.05, 0.1) is 12.1 Å². The third kappa shape index (κ3) is 1.85. The number of fused-ring (bicyclic) bond motifs is 1. The lowest BCUT2D eigenvalue weighted by atomic mass is 9.72. The van der Waals surface area contributed by atoms with E-state index >= 15 is 0 Å². The van der Waals surface area contributed by atoms with Crippen molar-refractivity contribution in [3.05, 3.63) is 0 Å². The molecule has 0 aromatic rings. The Morgan fingerprint density at radius 2 is 1.89 bits per heavy atom. The van der Waals surface area contributed by atoms with Crippen LogP contribution in [0, 0.1) is 5.92 Å². The Morgan fingerprint density at radius 1 is 1.28 bits per heavy atom. The fourth-order valence-corrected chi connectivity index (χ4v) is 2.30. The second kappa shape index (κ2) is 4.02. The molecule has 0 bridgehead atoms. The van der Waals surface area contributed by atoms with Gasteiger partial charge in [-0.3, -0.25) is 4.79 Å². The molecule has 1 amide bonds. The molecule has 0 aromatic heterocycles. The largest absolute Gasteiger partial charge is 0.463 e. The maximum atomic E-state index is 12.7. The number of hydrogen-bond acceptors (Lipinski definition) is 3. The van der Waals surface area contributed by atoms with E-state index < -0.39 is 36.2 Å². The first-order chi connectivity index (χ1) is 8.16. The van der Waals surface area contributed by atoms with Crippen molar-refractivity contribution in [3.63, 3.8) is 0 Å². The van der Waals surface area contributed by atoms with E-state index in [1.165, 1.54) is 0 Å². The number of nitrogens with one attached hydrogen (secondary N) is 1. The van der Waals surface area contributed by atoms with Gasteiger partial charge in [0.15, 0.2) is 0 Å². The fourth-order valence-electron chi connectivity index (χ4n) is 2.30. The average Bonchev–Trinajstić information content (AvgIpc) is 2.68. The van der Waals surface area contributed by atoms with Gasteiger partial charge in [0.1, 0.15) is 0 Å². The van der Waals surface area contributed by atoms with Crippen LogP contribution in [0.2, 0.25) is 0 Å². The van der Waals surface area contributed by atoms with Crippen molar-refractivity contribution in [1.29, 1.82) is 0 Å². The van der Waals surface area contributed by atoms with Crippen LogP contribution in [-0.2, 0) is 9.53 Å². The van der Waals surface area contributed by atoms with Crippen molar-refractivity contribution in [1.82, 2.24) is 5.32 Å². The quantitative estimate of drug-likeness (QED) is 0.717. The summed E-state index contributed by atoms with van der Waals surface area (Å²) in [6.45, 7) is 0.366. The van der Waals surface area contributed by atoms with Gasteiger partial charge in [-0.1, -0.05) is 0 Å². The third-order valence-electron chi connectivity index (χ3n) is 3.39. The van der Waals surface area contributed by atoms with E-state index in [2.05, 4.69) is 0 Å². The van der Waals surface area contributed by atoms with E-state index in [4.69, 9.17) is 10.5 Å². The highest BCUT2D eigenvalue weighted by molar-refractivity contribution is 5.84. The molecule has 0 radical (unpaired) electrons. The van der Waals surface area contributed by atoms with Gasteiger partial charge in [-0.05, 0) is 6.42 Å². The minimum absolute atomic E-state index is 0.0881. The SMILES string of the molecule is NC1C2CCOC2C1NC(=O)C(F)(F)C(F)(F)F. The van der Waals surface area contributed by atoms with E-state index in [0.29, 0.717) is 13.0 Å². The number of halogens is 5. The van der Waals surface area contributed by atoms with Gasteiger partial charge < -0.3 is 15.8 Å². The molecule has 1 aliphatic heterocycles. The molecule has 104 valence electrons. The molecule has 9 heteroatoms. The predicted molar refractivity (Wildman–Crippen MR) is 48.8 cm³/mol. The Labute approximate surface area is 98.6 Å². The standard InChI is InChI=1S/C9H11F5N2O2/c10-8(11,9(12,13)14)7(17)16-5-4(15)3-1-2-18-6(3)5/h3-6H,1-2,15H2,(H,16,17). The van der Waals surface area contributed by atoms with Gasteiger partial charge in [0.25, 0.3) is 0 Å². The normalized spacial score (nSPS) is 35.9. The van der Waals surface area contributed by atoms with Gasteiger partial charge in [-0.15, -0.1) is 0 Å². The number of rotatable bonds is 2. The molecule has 2 fully saturated rings. The minimum atomic E-state index is -5.92. The lowest BCUT2D eigenvalue weighted by molar-refractivity contribution is -0.270. The smallest absolute Gasteiger partial charge is 0.376 e. The molecular formula is C9H11F5N2O2. The first kappa shape index (κ1) is 13.5. The molecule has 1 heterocycles. The van der Waals surface area contributed by atoms with E-state index in [9.17, 15) is 26.7 Å². The second-order valence-electron chi connectivity index (χ2n) is 4.44. The van der Waals surface area contributed by atoms with Crippen molar-refractivity contribution in [3.8, 4) is 0 Å². The predicted octanol–water partition coefficient (Wildman–Crippen LogP) is 0.415. The number of nitrogens with two attached hydrogens (primary N) is 1. The number of hydrogen-bond donors (Lipinski definition) is 2. The number of carbonyl (C=O) groups is 1. The van der Waals surface area contributed by atoms with E-state index in [0.717, 1.165) is 0 Å². The van der Waals surface area contributed by atoms with Crippen LogP contribution in [0.1, 0.15) is 6.42 Å². The number of amides is 1. The maximum Gasteiger partial charge on any atom is 0.463 e. The van der Waals surface area contributed by atoms with E-state index in [1.54, 1.807) is 5.32 Å². The summed E-state index contributed by atoms with van der Waals surface area (Å²) >= 11 is 0. The third-order valence-corrected chi connectivity index (χ3v) is 3.39. The highest BCUT2D eigenvalue weighted by Crippen LogP contribution is 2.40. The van der Waals surface area contributed by atoms with Gasteiger partial charge in [0.2, 0.25) is 0 Å². The summed E-state index contributed by atoms with van der Waals surface area (Å²) in [4.78, 5) is 11.0. The molecule has 2 rings (SSSR count). The van der Waals surface area contributed by atoms with Crippen LogP contribution in [0.25, 0.3) is 0 Å². The van der Waals surface area contributed by atoms with Crippen LogP contribution in [0.3, 0.4) is 0 Å². The summed E-state index contributed by atoms with van der Waals surface area (Å²) in [5, 5.41) is 1.63. The second-order valence-corrected chi connectivity index (χ2v) is 4.44. The Bertz CT molecular complexity index is 359. The monoisotopic (exact) mass is 274 g/mol. The first-order valence-electron chi connectivity index (χ1n) is 5.29. The lowest BCUT2D eigenvalue weighted by Crippen LogP contribution is -2.71. The Hall–Kier alpha value is -0.960. The van der Waals surface area contributed by atoms with Crippen LogP contribution in [-0.4, -0.2) is 42.8 Å². The zero-order valence-corrected chi connectivity index (χ0v) is 9.01. The van der Waals surface area contributed by atoms with Crippen LogP contribution in [0.5, 0.6) is 0 Å². The van der Waals surface area contributed by atoms with Crippen molar-refractivity contribution in [2.24, 2.45) is 11.7 Å². The number of ether oxygens (including phenoxy) is 1. The first-order valence-corrected chi connectivity index (χ1v) is 5.29. The van der Waals surface area contributed by atoms with Crippen molar-refractivity contribution in [2.75, 3.05) is 6.61 Å². The Morgan fingerprint density at radius 3 is 2.44 bits per heavy atom. The van der Waals surface area contributed by atoms with Crippen molar-refractivity contribution in [2.45, 2.75) is 36.7 Å². The molecule has 1 aliphatic carbocycles. The van der Waals surface area contributed by atoms with Crippen LogP contribution in [0.4, 0.5) is 22.0 Å². The summed E-state index contributed by atoms with van der Waals surface area (Å²) in [6, 6.07) is -1.64. The number of alkyl halides is 5. The molecule has 3 N–H and O–H groups in total. The maximum absolute atomic E-state index is 12.7. The van der Waals surface area contributed by atoms with Gasteiger partial charge >= 0.3 is 18.0 Å². The van der Waals surface area contributed by atoms with Crippen molar-refractivity contribution < 1.29 is 31.5 Å². The Kier molecular flexibility index (Phi) is 3.01. The lowest BCUT2D eigenvalue weighted by Gasteiger charge is -2.45. The molecule has 4 unspecified atom stereocenters. The average molecular weight is 274 g/mol. The molecule has 18 heavy (non-hydrogen) atoms. The summed E-state index contributed by atoms with van der Waals surface area (Å²) in [6.07, 6.45) is -5.86. The summed E-state index contributed by atoms with van der Waals surface area (Å²) in [7, 11) is 0. The molecule has 2 aliphatic rings. The van der Waals surface area contributed by atoms with Crippen LogP contribution >= 0.6 is 0 Å². The summed E-state index contributed by atoms with van der Waals surface area (Å²) in [5.41, 5.74) is 5.59. The minimum Gasteiger partial charge on any atom is -0.376 e. The van der Waals surface area contributed by atoms with Gasteiger partial charge in [-0.25, -0.2) is 0 Å². The van der Waals surface area contributed by atoms with Crippen LogP contribution < -0.4 is 11.1 Å². The van der Waals surface area contributed by atoms with Crippen molar-refractivity contribution >= 4 is 5.91 Å². The summed E-state index contributed by atoms with van der Waals surface area (Å²) < 4.78 is 66.4. The van der Waals surface area contributed by atoms with Gasteiger partial charge in [0, 0.05) is 18.6 Å². The molecule has 0 spiro atoms. The van der Waals surface area contributed by atoms with E-state index in [1.807, 2.05) is 0 Å². The molecule has 4 nitrogen and oxygen atoms in total. The topological polar surface area (TPSA) is 64.3 Å². The molecule has 1 saturated carbocycles. The van der Waals surface area contributed by atoms with Crippen LogP contribution in [0.15, 0.2) is 0 Å². The summed E-state index contributed by atoms with van der Waals surface area (Å²) in [5.74, 6) is -7.89. The molecule has 0 aromatic carbocycles. The van der Waals surface area contributed by atoms with Gasteiger partial charge in [-0.2, -0.15) is 22.0 Å². The highest BCUT2D eigenvalue weighted by atomic mass is 19.4. The number of carbonyl (C=O) groups excluding carboxylic acids is 1. The zero-order valence-electron chi connectivity index (χ0n) is 9.01.